The fourth-order valence-corrected chi connectivity index (χ4v) is 2.71. The Hall–Kier alpha value is -3.13. The number of hydrogen-bond acceptors (Lipinski definition) is 6. The van der Waals surface area contributed by atoms with Gasteiger partial charge in [0.2, 0.25) is 4.77 Å². The topological polar surface area (TPSA) is 78.7 Å². The summed E-state index contributed by atoms with van der Waals surface area (Å²) in [5, 5.41) is 21.7. The number of aromatic nitrogens is 3. The third-order valence-corrected chi connectivity index (χ3v) is 4.20. The highest BCUT2D eigenvalue weighted by Gasteiger charge is 2.10. The van der Waals surface area contributed by atoms with E-state index in [2.05, 4.69) is 15.3 Å². The summed E-state index contributed by atoms with van der Waals surface area (Å²) in [6.07, 6.45) is 1.53. The molecule has 1 aromatic heterocycles. The summed E-state index contributed by atoms with van der Waals surface area (Å²) in [6.45, 7) is 2.33. The van der Waals surface area contributed by atoms with Crippen LogP contribution in [-0.2, 0) is 0 Å². The molecule has 0 spiro atoms. The molecule has 0 unspecified atom stereocenters. The monoisotopic (exact) mass is 383 g/mol. The minimum Gasteiger partial charge on any atom is -0.504 e. The standard InChI is InChI=1S/C19H21N5O2S/c1-4-26-16-7-5-6-14(17(16)25)12-20-24-18(21-22-19(24)27)13-8-10-15(11-9-13)23(2)3/h5-12,25H,4H2,1-3H3,(H,22,27)/b20-12+. The molecule has 1 heterocycles. The molecule has 0 saturated carbocycles. The average Bonchev–Trinajstić information content (AvgIpc) is 3.03. The Labute approximate surface area is 162 Å². The lowest BCUT2D eigenvalue weighted by atomic mass is 10.2. The van der Waals surface area contributed by atoms with Crippen molar-refractivity contribution in [1.82, 2.24) is 14.9 Å². The predicted octanol–water partition coefficient (Wildman–Crippen LogP) is 3.66. The second kappa shape index (κ2) is 8.05. The normalized spacial score (nSPS) is 11.1. The molecule has 7 nitrogen and oxygen atoms in total. The average molecular weight is 383 g/mol. The van der Waals surface area contributed by atoms with Crippen molar-refractivity contribution in [3.05, 3.63) is 52.8 Å². The van der Waals surface area contributed by atoms with Gasteiger partial charge in [0.1, 0.15) is 0 Å². The lowest BCUT2D eigenvalue weighted by Crippen LogP contribution is -2.08. The fourth-order valence-electron chi connectivity index (χ4n) is 2.53. The van der Waals surface area contributed by atoms with Gasteiger partial charge in [0.15, 0.2) is 17.3 Å². The number of hydrogen-bond donors (Lipinski definition) is 2. The Morgan fingerprint density at radius 2 is 2.00 bits per heavy atom. The van der Waals surface area contributed by atoms with E-state index in [4.69, 9.17) is 17.0 Å². The number of nitrogens with zero attached hydrogens (tertiary/aromatic N) is 4. The number of H-pyrrole nitrogens is 1. The zero-order chi connectivity index (χ0) is 19.4. The van der Waals surface area contributed by atoms with Crippen LogP contribution < -0.4 is 9.64 Å². The molecule has 0 fully saturated rings. The molecule has 0 saturated heterocycles. The molecule has 0 aliphatic heterocycles. The van der Waals surface area contributed by atoms with Crippen molar-refractivity contribution in [2.75, 3.05) is 25.6 Å². The molecular formula is C19H21N5O2S. The molecule has 0 aliphatic carbocycles. The minimum atomic E-state index is 0.0370. The number of aromatic amines is 1. The third kappa shape index (κ3) is 4.01. The summed E-state index contributed by atoms with van der Waals surface area (Å²) in [7, 11) is 3.97. The number of rotatable bonds is 6. The van der Waals surface area contributed by atoms with E-state index in [1.165, 1.54) is 10.9 Å². The summed E-state index contributed by atoms with van der Waals surface area (Å²) in [4.78, 5) is 2.02. The van der Waals surface area contributed by atoms with Crippen molar-refractivity contribution in [3.63, 3.8) is 0 Å². The lowest BCUT2D eigenvalue weighted by molar-refractivity contribution is 0.318. The molecule has 0 atom stereocenters. The van der Waals surface area contributed by atoms with Crippen LogP contribution in [0, 0.1) is 4.77 Å². The number of nitrogens with one attached hydrogen (secondary N) is 1. The molecule has 3 rings (SSSR count). The summed E-state index contributed by atoms with van der Waals surface area (Å²) >= 11 is 5.29. The van der Waals surface area contributed by atoms with Crippen LogP contribution in [-0.4, -0.2) is 46.9 Å². The van der Waals surface area contributed by atoms with E-state index in [9.17, 15) is 5.11 Å². The molecule has 0 radical (unpaired) electrons. The van der Waals surface area contributed by atoms with Gasteiger partial charge in [-0.3, -0.25) is 0 Å². The van der Waals surface area contributed by atoms with Gasteiger partial charge in [-0.25, -0.2) is 5.10 Å². The van der Waals surface area contributed by atoms with Crippen LogP contribution in [0.25, 0.3) is 11.4 Å². The van der Waals surface area contributed by atoms with Crippen molar-refractivity contribution < 1.29 is 9.84 Å². The van der Waals surface area contributed by atoms with Gasteiger partial charge in [-0.2, -0.15) is 14.9 Å². The SMILES string of the molecule is CCOc1cccc(/C=N/n2c(-c3ccc(N(C)C)cc3)n[nH]c2=S)c1O. The quantitative estimate of drug-likeness (QED) is 0.502. The van der Waals surface area contributed by atoms with Gasteiger partial charge in [0, 0.05) is 30.9 Å². The zero-order valence-corrected chi connectivity index (χ0v) is 16.2. The maximum atomic E-state index is 10.3. The van der Waals surface area contributed by atoms with Crippen molar-refractivity contribution in [2.24, 2.45) is 5.10 Å². The van der Waals surface area contributed by atoms with Crippen molar-refractivity contribution in [1.29, 1.82) is 0 Å². The molecule has 0 amide bonds. The Morgan fingerprint density at radius 3 is 2.67 bits per heavy atom. The van der Waals surface area contributed by atoms with Gasteiger partial charge in [-0.05, 0) is 55.5 Å². The molecule has 27 heavy (non-hydrogen) atoms. The molecular weight excluding hydrogens is 362 g/mol. The highest BCUT2D eigenvalue weighted by molar-refractivity contribution is 7.71. The summed E-state index contributed by atoms with van der Waals surface area (Å²) in [5.41, 5.74) is 2.48. The van der Waals surface area contributed by atoms with Gasteiger partial charge < -0.3 is 14.7 Å². The van der Waals surface area contributed by atoms with E-state index < -0.39 is 0 Å². The Bertz CT molecular complexity index is 1010. The van der Waals surface area contributed by atoms with Gasteiger partial charge in [0.05, 0.1) is 12.8 Å². The number of phenols is 1. The van der Waals surface area contributed by atoms with Crippen LogP contribution >= 0.6 is 12.2 Å². The number of aromatic hydroxyl groups is 1. The highest BCUT2D eigenvalue weighted by atomic mass is 32.1. The van der Waals surface area contributed by atoms with Crippen LogP contribution in [0.3, 0.4) is 0 Å². The van der Waals surface area contributed by atoms with Crippen LogP contribution in [0.15, 0.2) is 47.6 Å². The van der Waals surface area contributed by atoms with Crippen LogP contribution in [0.1, 0.15) is 12.5 Å². The first-order valence-corrected chi connectivity index (χ1v) is 8.86. The van der Waals surface area contributed by atoms with Gasteiger partial charge >= 0.3 is 0 Å². The predicted molar refractivity (Wildman–Crippen MR) is 109 cm³/mol. The zero-order valence-electron chi connectivity index (χ0n) is 15.4. The lowest BCUT2D eigenvalue weighted by Gasteiger charge is -2.12. The third-order valence-electron chi connectivity index (χ3n) is 3.93. The molecule has 2 aromatic carbocycles. The van der Waals surface area contributed by atoms with E-state index in [1.807, 2.05) is 50.2 Å². The highest BCUT2D eigenvalue weighted by Crippen LogP contribution is 2.28. The Morgan fingerprint density at radius 1 is 1.26 bits per heavy atom. The van der Waals surface area contributed by atoms with Gasteiger partial charge in [0.25, 0.3) is 0 Å². The van der Waals surface area contributed by atoms with Crippen molar-refractivity contribution in [3.8, 4) is 22.9 Å². The summed E-state index contributed by atoms with van der Waals surface area (Å²) in [5.74, 6) is 1.04. The smallest absolute Gasteiger partial charge is 0.216 e. The second-order valence-electron chi connectivity index (χ2n) is 5.98. The number of para-hydroxylation sites is 1. The molecule has 8 heteroatoms. The van der Waals surface area contributed by atoms with Gasteiger partial charge in [-0.15, -0.1) is 0 Å². The molecule has 2 N–H and O–H groups in total. The number of benzene rings is 2. The molecule has 0 bridgehead atoms. The van der Waals surface area contributed by atoms with Crippen molar-refractivity contribution in [2.45, 2.75) is 6.92 Å². The van der Waals surface area contributed by atoms with Gasteiger partial charge in [-0.1, -0.05) is 6.07 Å². The van der Waals surface area contributed by atoms with E-state index in [0.29, 0.717) is 28.5 Å². The molecule has 0 aliphatic rings. The fraction of sp³-hybridized carbons (Fsp3) is 0.211. The first-order chi connectivity index (χ1) is 13.0. The maximum Gasteiger partial charge on any atom is 0.216 e. The van der Waals surface area contributed by atoms with Crippen LogP contribution in [0.2, 0.25) is 0 Å². The number of phenolic OH excluding ortho intramolecular Hbond substituents is 1. The minimum absolute atomic E-state index is 0.0370. The van der Waals surface area contributed by atoms with Crippen LogP contribution in [0.4, 0.5) is 5.69 Å². The molecule has 140 valence electrons. The Kier molecular flexibility index (Phi) is 5.56. The number of ether oxygens (including phenoxy) is 1. The summed E-state index contributed by atoms with van der Waals surface area (Å²) in [6, 6.07) is 13.2. The van der Waals surface area contributed by atoms with Crippen LogP contribution in [0.5, 0.6) is 11.5 Å². The van der Waals surface area contributed by atoms with E-state index >= 15 is 0 Å². The van der Waals surface area contributed by atoms with E-state index in [1.54, 1.807) is 18.2 Å². The second-order valence-corrected chi connectivity index (χ2v) is 6.36. The summed E-state index contributed by atoms with van der Waals surface area (Å²) < 4.78 is 7.28. The largest absolute Gasteiger partial charge is 0.504 e. The maximum absolute atomic E-state index is 10.3. The van der Waals surface area contributed by atoms with E-state index in [-0.39, 0.29) is 5.75 Å². The first kappa shape index (κ1) is 18.7. The van der Waals surface area contributed by atoms with E-state index in [0.717, 1.165) is 11.3 Å². The first-order valence-electron chi connectivity index (χ1n) is 8.45. The Balaban J connectivity index is 1.95. The van der Waals surface area contributed by atoms with Crippen molar-refractivity contribution >= 4 is 24.1 Å². The molecule has 3 aromatic rings. The number of anilines is 1.